The molecule has 0 amide bonds. The van der Waals surface area contributed by atoms with E-state index in [9.17, 15) is 4.79 Å². The summed E-state index contributed by atoms with van der Waals surface area (Å²) < 4.78 is 5.60. The van der Waals surface area contributed by atoms with Crippen LogP contribution in [-0.4, -0.2) is 18.8 Å². The number of hydrogen-bond donors (Lipinski definition) is 1. The zero-order valence-electron chi connectivity index (χ0n) is 9.70. The van der Waals surface area contributed by atoms with Crippen molar-refractivity contribution in [1.29, 1.82) is 0 Å². The maximum atomic E-state index is 11.1. The lowest BCUT2D eigenvalue weighted by Gasteiger charge is -2.04. The predicted molar refractivity (Wildman–Crippen MR) is 75.1 cm³/mol. The standard InChI is InChI=1S/C12H14BrNO2S/c1-8(12(15)16-2)5-6-17-11-7-9(13)3-4-10(11)14/h3-5,7H,6,14H2,1-2H3. The third-order valence-electron chi connectivity index (χ3n) is 2.11. The van der Waals surface area contributed by atoms with Gasteiger partial charge in [0.2, 0.25) is 0 Å². The first-order valence-electron chi connectivity index (χ1n) is 4.97. The van der Waals surface area contributed by atoms with E-state index in [0.717, 1.165) is 15.1 Å². The van der Waals surface area contributed by atoms with Gasteiger partial charge in [0.25, 0.3) is 0 Å². The summed E-state index contributed by atoms with van der Waals surface area (Å²) in [6.45, 7) is 1.73. The number of benzene rings is 1. The summed E-state index contributed by atoms with van der Waals surface area (Å²) >= 11 is 4.97. The van der Waals surface area contributed by atoms with Crippen LogP contribution in [-0.2, 0) is 9.53 Å². The molecule has 0 unspecified atom stereocenters. The molecule has 0 saturated carbocycles. The number of thioether (sulfide) groups is 1. The summed E-state index contributed by atoms with van der Waals surface area (Å²) in [7, 11) is 1.37. The van der Waals surface area contributed by atoms with Crippen LogP contribution in [0.25, 0.3) is 0 Å². The van der Waals surface area contributed by atoms with Crippen LogP contribution in [0.3, 0.4) is 0 Å². The van der Waals surface area contributed by atoms with E-state index in [1.807, 2.05) is 24.3 Å². The van der Waals surface area contributed by atoms with E-state index in [-0.39, 0.29) is 5.97 Å². The molecule has 5 heteroatoms. The number of nitrogens with two attached hydrogens (primary N) is 1. The van der Waals surface area contributed by atoms with Gasteiger partial charge in [-0.25, -0.2) is 4.79 Å². The molecule has 0 aliphatic carbocycles. The van der Waals surface area contributed by atoms with E-state index in [4.69, 9.17) is 5.73 Å². The molecule has 0 fully saturated rings. The number of methoxy groups -OCH3 is 1. The van der Waals surface area contributed by atoms with Gasteiger partial charge in [0.15, 0.2) is 0 Å². The highest BCUT2D eigenvalue weighted by atomic mass is 79.9. The van der Waals surface area contributed by atoms with Crippen molar-refractivity contribution in [1.82, 2.24) is 0 Å². The van der Waals surface area contributed by atoms with E-state index in [2.05, 4.69) is 20.7 Å². The molecule has 0 spiro atoms. The van der Waals surface area contributed by atoms with Crippen LogP contribution >= 0.6 is 27.7 Å². The van der Waals surface area contributed by atoms with Crippen LogP contribution in [0.2, 0.25) is 0 Å². The van der Waals surface area contributed by atoms with Crippen LogP contribution in [0.5, 0.6) is 0 Å². The maximum absolute atomic E-state index is 11.1. The molecule has 0 bridgehead atoms. The lowest BCUT2D eigenvalue weighted by molar-refractivity contribution is -0.136. The van der Waals surface area contributed by atoms with Gasteiger partial charge in [-0.1, -0.05) is 22.0 Å². The average Bonchev–Trinajstić information content (AvgIpc) is 2.32. The topological polar surface area (TPSA) is 52.3 Å². The molecular formula is C12H14BrNO2S. The van der Waals surface area contributed by atoms with Crippen molar-refractivity contribution in [3.63, 3.8) is 0 Å². The van der Waals surface area contributed by atoms with Gasteiger partial charge >= 0.3 is 5.97 Å². The van der Waals surface area contributed by atoms with Crippen LogP contribution < -0.4 is 5.73 Å². The molecule has 1 aromatic rings. The highest BCUT2D eigenvalue weighted by Crippen LogP contribution is 2.28. The summed E-state index contributed by atoms with van der Waals surface area (Å²) in [4.78, 5) is 12.1. The molecule has 0 radical (unpaired) electrons. The number of esters is 1. The van der Waals surface area contributed by atoms with Crippen molar-refractivity contribution in [2.75, 3.05) is 18.6 Å². The van der Waals surface area contributed by atoms with Crippen molar-refractivity contribution >= 4 is 39.3 Å². The van der Waals surface area contributed by atoms with Crippen molar-refractivity contribution in [2.24, 2.45) is 0 Å². The van der Waals surface area contributed by atoms with Gasteiger partial charge in [0, 0.05) is 26.4 Å². The zero-order valence-corrected chi connectivity index (χ0v) is 12.1. The van der Waals surface area contributed by atoms with Crippen molar-refractivity contribution < 1.29 is 9.53 Å². The van der Waals surface area contributed by atoms with E-state index in [0.29, 0.717) is 11.3 Å². The number of anilines is 1. The van der Waals surface area contributed by atoms with Crippen molar-refractivity contribution in [3.8, 4) is 0 Å². The van der Waals surface area contributed by atoms with Gasteiger partial charge in [0.05, 0.1) is 7.11 Å². The van der Waals surface area contributed by atoms with Gasteiger partial charge in [-0.2, -0.15) is 0 Å². The molecule has 92 valence electrons. The fourth-order valence-corrected chi connectivity index (χ4v) is 2.60. The van der Waals surface area contributed by atoms with Gasteiger partial charge in [-0.15, -0.1) is 11.8 Å². The molecule has 17 heavy (non-hydrogen) atoms. The maximum Gasteiger partial charge on any atom is 0.333 e. The Bertz CT molecular complexity index is 446. The van der Waals surface area contributed by atoms with E-state index >= 15 is 0 Å². The van der Waals surface area contributed by atoms with E-state index in [1.54, 1.807) is 18.7 Å². The van der Waals surface area contributed by atoms with Crippen LogP contribution in [0, 0.1) is 0 Å². The Labute approximate surface area is 114 Å². The Morgan fingerprint density at radius 3 is 2.94 bits per heavy atom. The van der Waals surface area contributed by atoms with Gasteiger partial charge in [0.1, 0.15) is 0 Å². The Kier molecular flexibility index (Phi) is 5.58. The Morgan fingerprint density at radius 2 is 2.29 bits per heavy atom. The minimum Gasteiger partial charge on any atom is -0.466 e. The number of nitrogen functional groups attached to an aromatic ring is 1. The number of carbonyl (C=O) groups excluding carboxylic acids is 1. The monoisotopic (exact) mass is 315 g/mol. The molecule has 1 aromatic carbocycles. The smallest absolute Gasteiger partial charge is 0.333 e. The molecule has 0 atom stereocenters. The van der Waals surface area contributed by atoms with E-state index < -0.39 is 0 Å². The lowest BCUT2D eigenvalue weighted by atomic mass is 10.3. The normalized spacial score (nSPS) is 11.4. The largest absolute Gasteiger partial charge is 0.466 e. The second-order valence-electron chi connectivity index (χ2n) is 3.37. The first kappa shape index (κ1) is 14.1. The first-order chi connectivity index (χ1) is 8.04. The summed E-state index contributed by atoms with van der Waals surface area (Å²) in [5.74, 6) is 0.384. The minimum absolute atomic E-state index is 0.298. The fraction of sp³-hybridized carbons (Fsp3) is 0.250. The Balaban J connectivity index is 2.62. The highest BCUT2D eigenvalue weighted by molar-refractivity contribution is 9.10. The molecule has 0 aliphatic heterocycles. The van der Waals surface area contributed by atoms with Gasteiger partial charge in [-0.05, 0) is 25.1 Å². The number of rotatable bonds is 4. The van der Waals surface area contributed by atoms with Gasteiger partial charge in [-0.3, -0.25) is 0 Å². The number of halogens is 1. The quantitative estimate of drug-likeness (QED) is 0.401. The SMILES string of the molecule is COC(=O)C(C)=CCSc1cc(Br)ccc1N. The zero-order chi connectivity index (χ0) is 12.8. The van der Waals surface area contributed by atoms with Crippen LogP contribution in [0.4, 0.5) is 5.69 Å². The number of carbonyl (C=O) groups is 1. The molecule has 1 rings (SSSR count). The first-order valence-corrected chi connectivity index (χ1v) is 6.75. The molecule has 2 N–H and O–H groups in total. The van der Waals surface area contributed by atoms with Crippen LogP contribution in [0.15, 0.2) is 39.2 Å². The Hall–Kier alpha value is -0.940. The average molecular weight is 316 g/mol. The van der Waals surface area contributed by atoms with Crippen molar-refractivity contribution in [2.45, 2.75) is 11.8 Å². The molecule has 0 aliphatic rings. The molecule has 0 saturated heterocycles. The minimum atomic E-state index is -0.298. The van der Waals surface area contributed by atoms with E-state index in [1.165, 1.54) is 7.11 Å². The number of ether oxygens (including phenoxy) is 1. The highest BCUT2D eigenvalue weighted by Gasteiger charge is 2.03. The second kappa shape index (κ2) is 6.71. The predicted octanol–water partition coefficient (Wildman–Crippen LogP) is 3.24. The summed E-state index contributed by atoms with van der Waals surface area (Å²) in [6, 6.07) is 5.71. The third-order valence-corrected chi connectivity index (χ3v) is 3.60. The lowest BCUT2D eigenvalue weighted by Crippen LogP contribution is -2.01. The molecule has 3 nitrogen and oxygen atoms in total. The summed E-state index contributed by atoms with van der Waals surface area (Å²) in [6.07, 6.45) is 1.83. The van der Waals surface area contributed by atoms with Crippen LogP contribution in [0.1, 0.15) is 6.92 Å². The fourth-order valence-electron chi connectivity index (χ4n) is 1.13. The van der Waals surface area contributed by atoms with Crippen molar-refractivity contribution in [3.05, 3.63) is 34.3 Å². The molecular weight excluding hydrogens is 302 g/mol. The number of hydrogen-bond acceptors (Lipinski definition) is 4. The Morgan fingerprint density at radius 1 is 1.59 bits per heavy atom. The summed E-state index contributed by atoms with van der Waals surface area (Å²) in [5.41, 5.74) is 7.18. The third kappa shape index (κ3) is 4.44. The van der Waals surface area contributed by atoms with Gasteiger partial charge < -0.3 is 10.5 Å². The second-order valence-corrected chi connectivity index (χ2v) is 5.35. The summed E-state index contributed by atoms with van der Waals surface area (Å²) in [5, 5.41) is 0. The molecule has 0 heterocycles. The molecule has 0 aromatic heterocycles.